The van der Waals surface area contributed by atoms with Gasteiger partial charge in [-0.15, -0.1) is 0 Å². The topological polar surface area (TPSA) is 12.5 Å². The standard InChI is InChI=1S/C12H5Br5O/c13-7-8(14)10(16)12(17)11(18-12,9(7)15)6-4-2-1-3-5-6/h1-5H. The van der Waals surface area contributed by atoms with E-state index in [2.05, 4.69) is 91.8 Å². The van der Waals surface area contributed by atoms with E-state index in [0.29, 0.717) is 0 Å². The van der Waals surface area contributed by atoms with Crippen molar-refractivity contribution in [3.8, 4) is 0 Å². The molecule has 3 rings (SSSR count). The van der Waals surface area contributed by atoms with E-state index in [9.17, 15) is 0 Å². The van der Waals surface area contributed by atoms with Gasteiger partial charge in [-0.2, -0.15) is 0 Å². The van der Waals surface area contributed by atoms with Gasteiger partial charge in [0, 0.05) is 8.96 Å². The minimum atomic E-state index is -0.545. The highest BCUT2D eigenvalue weighted by molar-refractivity contribution is 9.17. The van der Waals surface area contributed by atoms with Gasteiger partial charge in [0.2, 0.25) is 0 Å². The highest BCUT2D eigenvalue weighted by Crippen LogP contribution is 2.73. The van der Waals surface area contributed by atoms with Gasteiger partial charge in [0.1, 0.15) is 0 Å². The first-order valence-electron chi connectivity index (χ1n) is 5.01. The van der Waals surface area contributed by atoms with Crippen molar-refractivity contribution in [1.29, 1.82) is 0 Å². The van der Waals surface area contributed by atoms with Crippen LogP contribution in [0.4, 0.5) is 0 Å². The fraction of sp³-hybridized carbons (Fsp3) is 0.167. The maximum absolute atomic E-state index is 6.05. The van der Waals surface area contributed by atoms with Crippen molar-refractivity contribution in [2.24, 2.45) is 0 Å². The van der Waals surface area contributed by atoms with E-state index in [4.69, 9.17) is 4.74 Å². The number of ether oxygens (including phenoxy) is 1. The van der Waals surface area contributed by atoms with Crippen molar-refractivity contribution in [2.45, 2.75) is 10.1 Å². The summed E-state index contributed by atoms with van der Waals surface area (Å²) in [5.74, 6) is 0. The smallest absolute Gasteiger partial charge is 0.195 e. The quantitative estimate of drug-likeness (QED) is 0.300. The predicted molar refractivity (Wildman–Crippen MR) is 90.6 cm³/mol. The first-order chi connectivity index (χ1) is 8.45. The lowest BCUT2D eigenvalue weighted by Crippen LogP contribution is -2.23. The molecule has 1 aromatic rings. The maximum atomic E-state index is 6.05. The second-order valence-corrected chi connectivity index (χ2v) is 8.29. The van der Waals surface area contributed by atoms with Gasteiger partial charge in [0.05, 0.1) is 8.96 Å². The molecule has 1 aromatic carbocycles. The van der Waals surface area contributed by atoms with E-state index in [1.807, 2.05) is 18.2 Å². The monoisotopic (exact) mass is 560 g/mol. The lowest BCUT2D eigenvalue weighted by molar-refractivity contribution is 0.337. The zero-order chi connectivity index (χ0) is 13.1. The van der Waals surface area contributed by atoms with E-state index in [1.54, 1.807) is 0 Å². The molecule has 0 spiro atoms. The Bertz CT molecular complexity index is 594. The molecule has 2 aliphatic rings. The zero-order valence-corrected chi connectivity index (χ0v) is 16.6. The van der Waals surface area contributed by atoms with Crippen LogP contribution in [-0.4, -0.2) is 4.51 Å². The predicted octanol–water partition coefficient (Wildman–Crippen LogP) is 6.02. The summed E-state index contributed by atoms with van der Waals surface area (Å²) in [7, 11) is 0. The van der Waals surface area contributed by atoms with Crippen molar-refractivity contribution in [3.63, 3.8) is 0 Å². The van der Waals surface area contributed by atoms with Gasteiger partial charge >= 0.3 is 0 Å². The van der Waals surface area contributed by atoms with Gasteiger partial charge in [-0.05, 0) is 53.4 Å². The first kappa shape index (κ1) is 14.0. The number of rotatable bonds is 1. The van der Waals surface area contributed by atoms with Crippen LogP contribution in [0.3, 0.4) is 0 Å². The molecule has 6 heteroatoms. The highest BCUT2D eigenvalue weighted by atomic mass is 79.9. The molecule has 1 aliphatic heterocycles. The Morgan fingerprint density at radius 2 is 1.39 bits per heavy atom. The van der Waals surface area contributed by atoms with Crippen molar-refractivity contribution in [2.75, 3.05) is 0 Å². The number of hydrogen-bond acceptors (Lipinski definition) is 1. The van der Waals surface area contributed by atoms with E-state index in [0.717, 1.165) is 23.5 Å². The summed E-state index contributed by atoms with van der Waals surface area (Å²) >= 11 is 18.1. The van der Waals surface area contributed by atoms with Crippen molar-refractivity contribution >= 4 is 79.6 Å². The second kappa shape index (κ2) is 4.53. The molecule has 0 saturated carbocycles. The molecule has 1 aliphatic carbocycles. The summed E-state index contributed by atoms with van der Waals surface area (Å²) < 4.78 is 9.30. The Morgan fingerprint density at radius 3 is 2.00 bits per heavy atom. The number of allylic oxidation sites excluding steroid dienone is 2. The molecule has 2 atom stereocenters. The van der Waals surface area contributed by atoms with Crippen LogP contribution in [0.15, 0.2) is 48.3 Å². The maximum Gasteiger partial charge on any atom is 0.195 e. The summed E-state index contributed by atoms with van der Waals surface area (Å²) in [5, 5.41) is 0. The third-order valence-corrected chi connectivity index (χ3v) is 9.80. The van der Waals surface area contributed by atoms with E-state index < -0.39 is 10.1 Å². The van der Waals surface area contributed by atoms with Gasteiger partial charge < -0.3 is 4.74 Å². The summed E-state index contributed by atoms with van der Waals surface area (Å²) in [6.07, 6.45) is 0. The SMILES string of the molecule is BrC1=C(Br)C2(Br)OC2(c2ccccc2)C(Br)=C1Br. The van der Waals surface area contributed by atoms with Gasteiger partial charge in [-0.25, -0.2) is 0 Å². The fourth-order valence-electron chi connectivity index (χ4n) is 2.10. The Morgan fingerprint density at radius 1 is 0.833 bits per heavy atom. The largest absolute Gasteiger partial charge is 0.334 e. The molecule has 0 bridgehead atoms. The summed E-state index contributed by atoms with van der Waals surface area (Å²) in [6.45, 7) is 0. The Hall–Kier alpha value is 1.06. The van der Waals surface area contributed by atoms with E-state index >= 15 is 0 Å². The van der Waals surface area contributed by atoms with Crippen molar-refractivity contribution in [1.82, 2.24) is 0 Å². The van der Waals surface area contributed by atoms with Crippen LogP contribution < -0.4 is 0 Å². The first-order valence-corrected chi connectivity index (χ1v) is 8.98. The fourth-order valence-corrected chi connectivity index (χ4v) is 6.34. The summed E-state index contributed by atoms with van der Waals surface area (Å²) in [5.41, 5.74) is 0.589. The number of halogens is 5. The lowest BCUT2D eigenvalue weighted by atomic mass is 9.92. The number of epoxide rings is 1. The average Bonchev–Trinajstić information content (AvgIpc) is 3.05. The normalized spacial score (nSPS) is 34.7. The van der Waals surface area contributed by atoms with Crippen LogP contribution in [0.2, 0.25) is 0 Å². The third-order valence-electron chi connectivity index (χ3n) is 3.05. The molecule has 18 heavy (non-hydrogen) atoms. The minimum Gasteiger partial charge on any atom is -0.334 e. The molecular weight excluding hydrogens is 560 g/mol. The van der Waals surface area contributed by atoms with Crippen LogP contribution in [0, 0.1) is 0 Å². The molecule has 0 radical (unpaired) electrons. The molecule has 1 heterocycles. The Kier molecular flexibility index (Phi) is 3.53. The molecule has 0 aromatic heterocycles. The Balaban J connectivity index is 2.24. The number of hydrogen-bond donors (Lipinski definition) is 0. The van der Waals surface area contributed by atoms with Gasteiger partial charge in [0.15, 0.2) is 10.1 Å². The van der Waals surface area contributed by atoms with Crippen molar-refractivity contribution in [3.05, 3.63) is 53.8 Å². The summed E-state index contributed by atoms with van der Waals surface area (Å²) in [6, 6.07) is 10.1. The second-order valence-electron chi connectivity index (χ2n) is 4.00. The average molecular weight is 565 g/mol. The molecule has 0 amide bonds. The van der Waals surface area contributed by atoms with Crippen molar-refractivity contribution < 1.29 is 4.74 Å². The molecule has 2 unspecified atom stereocenters. The van der Waals surface area contributed by atoms with E-state index in [1.165, 1.54) is 0 Å². The van der Waals surface area contributed by atoms with Crippen LogP contribution in [0.5, 0.6) is 0 Å². The minimum absolute atomic E-state index is 0.511. The van der Waals surface area contributed by atoms with E-state index in [-0.39, 0.29) is 0 Å². The molecule has 1 nitrogen and oxygen atoms in total. The van der Waals surface area contributed by atoms with Gasteiger partial charge in [-0.1, -0.05) is 62.2 Å². The summed E-state index contributed by atoms with van der Waals surface area (Å²) in [4.78, 5) is 0. The number of fused-ring (bicyclic) bond motifs is 1. The van der Waals surface area contributed by atoms with Crippen LogP contribution in [0.25, 0.3) is 0 Å². The molecule has 0 N–H and O–H groups in total. The van der Waals surface area contributed by atoms with Gasteiger partial charge in [-0.3, -0.25) is 0 Å². The Labute approximate surface area is 147 Å². The number of benzene rings is 1. The van der Waals surface area contributed by atoms with Gasteiger partial charge in [0.25, 0.3) is 0 Å². The van der Waals surface area contributed by atoms with Crippen LogP contribution in [0.1, 0.15) is 5.56 Å². The zero-order valence-electron chi connectivity index (χ0n) is 8.68. The highest BCUT2D eigenvalue weighted by Gasteiger charge is 2.75. The van der Waals surface area contributed by atoms with Crippen LogP contribution >= 0.6 is 79.6 Å². The molecular formula is C12H5Br5O. The molecule has 94 valence electrons. The van der Waals surface area contributed by atoms with Crippen LogP contribution in [-0.2, 0) is 10.3 Å². The lowest BCUT2D eigenvalue weighted by Gasteiger charge is -2.23. The molecule has 1 fully saturated rings. The number of alkyl halides is 1. The molecule has 1 saturated heterocycles. The third kappa shape index (κ3) is 1.62.